The third kappa shape index (κ3) is 3.51. The highest BCUT2D eigenvalue weighted by Gasteiger charge is 2.08. The molecule has 1 aromatic heterocycles. The van der Waals surface area contributed by atoms with Gasteiger partial charge in [-0.25, -0.2) is 9.78 Å². The van der Waals surface area contributed by atoms with Gasteiger partial charge in [-0.2, -0.15) is 0 Å². The van der Waals surface area contributed by atoms with Crippen molar-refractivity contribution < 1.29 is 15.0 Å². The third-order valence-corrected chi connectivity index (χ3v) is 2.27. The predicted octanol–water partition coefficient (Wildman–Crippen LogP) is 0.987. The van der Waals surface area contributed by atoms with Crippen molar-refractivity contribution in [3.05, 3.63) is 23.9 Å². The number of aromatic carboxylic acids is 1. The first-order valence-corrected chi connectivity index (χ1v) is 5.09. The maximum Gasteiger partial charge on any atom is 0.335 e. The maximum absolute atomic E-state index is 10.8. The van der Waals surface area contributed by atoms with Crippen molar-refractivity contribution in [2.45, 2.75) is 19.4 Å². The first kappa shape index (κ1) is 12.4. The van der Waals surface area contributed by atoms with Crippen LogP contribution in [0.25, 0.3) is 0 Å². The monoisotopic (exact) mass is 224 g/mol. The quantitative estimate of drug-likeness (QED) is 0.780. The third-order valence-electron chi connectivity index (χ3n) is 2.27. The van der Waals surface area contributed by atoms with Crippen LogP contribution in [-0.4, -0.2) is 40.9 Å². The van der Waals surface area contributed by atoms with Crippen LogP contribution in [0.4, 0.5) is 5.82 Å². The number of anilines is 1. The molecule has 0 aliphatic carbocycles. The number of carbonyl (C=O) groups is 1. The molecule has 1 aromatic rings. The van der Waals surface area contributed by atoms with Crippen molar-refractivity contribution in [2.24, 2.45) is 0 Å². The first-order valence-electron chi connectivity index (χ1n) is 5.09. The highest BCUT2D eigenvalue weighted by Crippen LogP contribution is 2.11. The maximum atomic E-state index is 10.8. The Labute approximate surface area is 94.4 Å². The number of aliphatic hydroxyl groups is 1. The molecule has 5 heteroatoms. The number of aliphatic hydroxyl groups excluding tert-OH is 1. The van der Waals surface area contributed by atoms with E-state index in [1.54, 1.807) is 6.92 Å². The molecular formula is C11H16N2O3. The molecule has 0 aromatic carbocycles. The lowest BCUT2D eigenvalue weighted by Gasteiger charge is -2.18. The van der Waals surface area contributed by atoms with Crippen molar-refractivity contribution in [3.63, 3.8) is 0 Å². The number of nitrogens with zero attached hydrogens (tertiary/aromatic N) is 2. The molecule has 0 amide bonds. The number of carboxylic acid groups (broad SMARTS) is 1. The summed E-state index contributed by atoms with van der Waals surface area (Å²) in [6.07, 6.45) is 1.72. The van der Waals surface area contributed by atoms with E-state index in [0.29, 0.717) is 18.8 Å². The van der Waals surface area contributed by atoms with Crippen LogP contribution in [0.5, 0.6) is 0 Å². The van der Waals surface area contributed by atoms with Crippen molar-refractivity contribution in [1.82, 2.24) is 4.98 Å². The fourth-order valence-electron chi connectivity index (χ4n) is 1.26. The van der Waals surface area contributed by atoms with Crippen molar-refractivity contribution in [2.75, 3.05) is 18.5 Å². The summed E-state index contributed by atoms with van der Waals surface area (Å²) in [6, 6.07) is 2.97. The van der Waals surface area contributed by atoms with Gasteiger partial charge in [-0.3, -0.25) is 0 Å². The van der Waals surface area contributed by atoms with Gasteiger partial charge in [0.15, 0.2) is 0 Å². The lowest BCUT2D eigenvalue weighted by Crippen LogP contribution is -2.23. The molecule has 0 spiro atoms. The van der Waals surface area contributed by atoms with Crippen LogP contribution in [0, 0.1) is 0 Å². The molecule has 1 heterocycles. The molecule has 1 unspecified atom stereocenters. The van der Waals surface area contributed by atoms with Crippen molar-refractivity contribution in [1.29, 1.82) is 0 Å². The van der Waals surface area contributed by atoms with Gasteiger partial charge in [0.1, 0.15) is 5.82 Å². The van der Waals surface area contributed by atoms with E-state index < -0.39 is 5.97 Å². The van der Waals surface area contributed by atoms with Gasteiger partial charge in [0.25, 0.3) is 0 Å². The van der Waals surface area contributed by atoms with E-state index in [2.05, 4.69) is 4.98 Å². The second-order valence-electron chi connectivity index (χ2n) is 3.77. The average molecular weight is 224 g/mol. The van der Waals surface area contributed by atoms with Gasteiger partial charge in [0.2, 0.25) is 0 Å². The fraction of sp³-hybridized carbons (Fsp3) is 0.455. The minimum Gasteiger partial charge on any atom is -0.478 e. The molecule has 5 nitrogen and oxygen atoms in total. The Morgan fingerprint density at radius 1 is 1.62 bits per heavy atom. The summed E-state index contributed by atoms with van der Waals surface area (Å²) in [5.41, 5.74) is 0.217. The average Bonchev–Trinajstić information content (AvgIpc) is 2.26. The Hall–Kier alpha value is -1.62. The first-order chi connectivity index (χ1) is 7.50. The van der Waals surface area contributed by atoms with E-state index in [1.165, 1.54) is 18.3 Å². The molecule has 2 N–H and O–H groups in total. The lowest BCUT2D eigenvalue weighted by atomic mass is 10.2. The molecular weight excluding hydrogens is 208 g/mol. The van der Waals surface area contributed by atoms with E-state index in [1.807, 2.05) is 11.9 Å². The van der Waals surface area contributed by atoms with Crippen LogP contribution in [0.15, 0.2) is 18.3 Å². The summed E-state index contributed by atoms with van der Waals surface area (Å²) >= 11 is 0. The number of hydrogen-bond donors (Lipinski definition) is 2. The van der Waals surface area contributed by atoms with E-state index >= 15 is 0 Å². The molecule has 0 aliphatic heterocycles. The number of carboxylic acids is 1. The summed E-state index contributed by atoms with van der Waals surface area (Å²) in [7, 11) is 1.82. The SMILES string of the molecule is CC(O)CCN(C)c1cc(C(=O)O)ccn1. The van der Waals surface area contributed by atoms with Crippen LogP contribution in [0.3, 0.4) is 0 Å². The fourth-order valence-corrected chi connectivity index (χ4v) is 1.26. The number of aromatic nitrogens is 1. The Bertz CT molecular complexity index is 366. The summed E-state index contributed by atoms with van der Waals surface area (Å²) in [6.45, 7) is 2.35. The second kappa shape index (κ2) is 5.46. The minimum atomic E-state index is -0.965. The highest BCUT2D eigenvalue weighted by atomic mass is 16.4. The lowest BCUT2D eigenvalue weighted by molar-refractivity contribution is 0.0696. The van der Waals surface area contributed by atoms with Crippen LogP contribution in [0.1, 0.15) is 23.7 Å². The summed E-state index contributed by atoms with van der Waals surface area (Å²) in [4.78, 5) is 16.7. The smallest absolute Gasteiger partial charge is 0.335 e. The predicted molar refractivity (Wildman–Crippen MR) is 60.8 cm³/mol. The van der Waals surface area contributed by atoms with Gasteiger partial charge in [0, 0.05) is 19.8 Å². The molecule has 0 saturated heterocycles. The topological polar surface area (TPSA) is 73.7 Å². The normalized spacial score (nSPS) is 12.2. The molecule has 0 saturated carbocycles. The Kier molecular flexibility index (Phi) is 4.25. The zero-order valence-electron chi connectivity index (χ0n) is 9.42. The van der Waals surface area contributed by atoms with Gasteiger partial charge < -0.3 is 15.1 Å². The molecule has 0 aliphatic rings. The number of pyridine rings is 1. The number of rotatable bonds is 5. The van der Waals surface area contributed by atoms with E-state index in [9.17, 15) is 4.79 Å². The van der Waals surface area contributed by atoms with Gasteiger partial charge in [-0.05, 0) is 25.5 Å². The second-order valence-corrected chi connectivity index (χ2v) is 3.77. The molecule has 1 atom stereocenters. The van der Waals surface area contributed by atoms with Crippen molar-refractivity contribution in [3.8, 4) is 0 Å². The zero-order valence-corrected chi connectivity index (χ0v) is 9.42. The van der Waals surface area contributed by atoms with Gasteiger partial charge in [0.05, 0.1) is 11.7 Å². The molecule has 1 rings (SSSR count). The van der Waals surface area contributed by atoms with Crippen LogP contribution < -0.4 is 4.90 Å². The summed E-state index contributed by atoms with van der Waals surface area (Å²) < 4.78 is 0. The zero-order chi connectivity index (χ0) is 12.1. The molecule has 16 heavy (non-hydrogen) atoms. The largest absolute Gasteiger partial charge is 0.478 e. The molecule has 0 fully saturated rings. The highest BCUT2D eigenvalue weighted by molar-refractivity contribution is 5.88. The Morgan fingerprint density at radius 3 is 2.88 bits per heavy atom. The minimum absolute atomic E-state index is 0.217. The standard InChI is InChI=1S/C11H16N2O3/c1-8(14)4-6-13(2)10-7-9(11(15)16)3-5-12-10/h3,5,7-8,14H,4,6H2,1-2H3,(H,15,16). The van der Waals surface area contributed by atoms with Gasteiger partial charge >= 0.3 is 5.97 Å². The Balaban J connectivity index is 2.71. The van der Waals surface area contributed by atoms with E-state index in [0.717, 1.165) is 0 Å². The van der Waals surface area contributed by atoms with Crippen LogP contribution >= 0.6 is 0 Å². The van der Waals surface area contributed by atoms with Gasteiger partial charge in [-0.15, -0.1) is 0 Å². The Morgan fingerprint density at radius 2 is 2.31 bits per heavy atom. The molecule has 0 bridgehead atoms. The van der Waals surface area contributed by atoms with E-state index in [-0.39, 0.29) is 11.7 Å². The van der Waals surface area contributed by atoms with Gasteiger partial charge in [-0.1, -0.05) is 0 Å². The summed E-state index contributed by atoms with van der Waals surface area (Å²) in [5, 5.41) is 18.0. The molecule has 88 valence electrons. The van der Waals surface area contributed by atoms with Crippen LogP contribution in [-0.2, 0) is 0 Å². The molecule has 0 radical (unpaired) electrons. The van der Waals surface area contributed by atoms with E-state index in [4.69, 9.17) is 10.2 Å². The summed E-state index contributed by atoms with van der Waals surface area (Å²) in [5.74, 6) is -0.367. The number of hydrogen-bond acceptors (Lipinski definition) is 4. The van der Waals surface area contributed by atoms with Crippen LogP contribution in [0.2, 0.25) is 0 Å². The van der Waals surface area contributed by atoms with Crippen molar-refractivity contribution >= 4 is 11.8 Å².